The number of aromatic nitrogens is 2. The van der Waals surface area contributed by atoms with Crippen LogP contribution in [0.5, 0.6) is 0 Å². The van der Waals surface area contributed by atoms with Crippen molar-refractivity contribution in [1.29, 1.82) is 0 Å². The summed E-state index contributed by atoms with van der Waals surface area (Å²) < 4.78 is 8.70. The van der Waals surface area contributed by atoms with E-state index in [-0.39, 0.29) is 0 Å². The Morgan fingerprint density at radius 3 is 2.68 bits per heavy atom. The summed E-state index contributed by atoms with van der Waals surface area (Å²) in [6, 6.07) is 0. The maximum atomic E-state index is 5.53. The third-order valence-corrected chi connectivity index (χ3v) is 4.06. The number of halogens is 1. The Hall–Kier alpha value is -0.390. The van der Waals surface area contributed by atoms with E-state index in [0.29, 0.717) is 0 Å². The highest BCUT2D eigenvalue weighted by Crippen LogP contribution is 2.20. The zero-order chi connectivity index (χ0) is 14.1. The average Bonchev–Trinajstić information content (AvgIpc) is 2.69. The molecule has 0 saturated carbocycles. The van der Waals surface area contributed by atoms with Crippen LogP contribution in [-0.2, 0) is 17.8 Å². The van der Waals surface area contributed by atoms with Crippen molar-refractivity contribution in [2.24, 2.45) is 0 Å². The molecule has 0 aromatic carbocycles. The number of nitrogens with one attached hydrogen (secondary N) is 1. The minimum Gasteiger partial charge on any atom is -0.381 e. The second kappa shape index (κ2) is 9.50. The van der Waals surface area contributed by atoms with E-state index < -0.39 is 0 Å². The molecule has 1 aromatic rings. The van der Waals surface area contributed by atoms with Crippen LogP contribution in [0.2, 0.25) is 0 Å². The normalized spacial score (nSPS) is 11.2. The fraction of sp³-hybridized carbons (Fsp3) is 0.786. The molecule has 0 spiro atoms. The maximum Gasteiger partial charge on any atom is 0.0739 e. The van der Waals surface area contributed by atoms with E-state index >= 15 is 0 Å². The third-order valence-electron chi connectivity index (χ3n) is 3.03. The van der Waals surface area contributed by atoms with E-state index in [9.17, 15) is 0 Å². The van der Waals surface area contributed by atoms with Gasteiger partial charge in [0.2, 0.25) is 0 Å². The summed E-state index contributed by atoms with van der Waals surface area (Å²) in [7, 11) is 0. The smallest absolute Gasteiger partial charge is 0.0739 e. The van der Waals surface area contributed by atoms with Crippen LogP contribution in [0.4, 0.5) is 0 Å². The largest absolute Gasteiger partial charge is 0.381 e. The molecule has 0 atom stereocenters. The topological polar surface area (TPSA) is 39.1 Å². The van der Waals surface area contributed by atoms with Gasteiger partial charge >= 0.3 is 0 Å². The first kappa shape index (κ1) is 16.7. The summed E-state index contributed by atoms with van der Waals surface area (Å²) in [4.78, 5) is 0. The van der Waals surface area contributed by atoms with E-state index in [1.807, 2.05) is 11.6 Å². The van der Waals surface area contributed by atoms with E-state index in [1.54, 1.807) is 0 Å². The lowest BCUT2D eigenvalue weighted by molar-refractivity contribution is 0.128. The standard InChI is InChI=1S/C14H26BrN3O/c1-4-6-9-19-10-7-8-16-11-13-14(15)12(3)17-18(13)5-2/h16H,4-11H2,1-3H3. The second-order valence-electron chi connectivity index (χ2n) is 4.66. The van der Waals surface area contributed by atoms with E-state index in [0.717, 1.165) is 55.9 Å². The van der Waals surface area contributed by atoms with Gasteiger partial charge in [0.05, 0.1) is 15.9 Å². The molecule has 4 nitrogen and oxygen atoms in total. The number of unbranched alkanes of at least 4 members (excludes halogenated alkanes) is 1. The summed E-state index contributed by atoms with van der Waals surface area (Å²) in [5.41, 5.74) is 2.29. The highest BCUT2D eigenvalue weighted by molar-refractivity contribution is 9.10. The average molecular weight is 332 g/mol. The van der Waals surface area contributed by atoms with Gasteiger partial charge in [0, 0.05) is 26.3 Å². The van der Waals surface area contributed by atoms with Gasteiger partial charge in [0.1, 0.15) is 0 Å². The molecule has 110 valence electrons. The number of rotatable bonds is 10. The highest BCUT2D eigenvalue weighted by Gasteiger charge is 2.10. The Bertz CT molecular complexity index is 366. The molecule has 0 aliphatic carbocycles. The molecule has 19 heavy (non-hydrogen) atoms. The summed E-state index contributed by atoms with van der Waals surface area (Å²) in [5.74, 6) is 0. The molecule has 0 unspecified atom stereocenters. The van der Waals surface area contributed by atoms with Crippen LogP contribution in [-0.4, -0.2) is 29.5 Å². The van der Waals surface area contributed by atoms with Gasteiger partial charge in [-0.1, -0.05) is 13.3 Å². The van der Waals surface area contributed by atoms with Crippen molar-refractivity contribution >= 4 is 15.9 Å². The molecule has 1 rings (SSSR count). The SMILES string of the molecule is CCCCOCCCNCc1c(Br)c(C)nn1CC. The van der Waals surface area contributed by atoms with Crippen molar-refractivity contribution < 1.29 is 4.74 Å². The number of ether oxygens (including phenoxy) is 1. The summed E-state index contributed by atoms with van der Waals surface area (Å²) in [6.45, 7) is 10.8. The summed E-state index contributed by atoms with van der Waals surface area (Å²) in [5, 5.41) is 7.93. The van der Waals surface area contributed by atoms with Crippen molar-refractivity contribution in [1.82, 2.24) is 15.1 Å². The minimum absolute atomic E-state index is 0.847. The number of hydrogen-bond donors (Lipinski definition) is 1. The molecule has 0 fully saturated rings. The Morgan fingerprint density at radius 2 is 2.00 bits per heavy atom. The molecule has 1 heterocycles. The van der Waals surface area contributed by atoms with Gasteiger partial charge in [-0.3, -0.25) is 4.68 Å². The monoisotopic (exact) mass is 331 g/mol. The number of hydrogen-bond acceptors (Lipinski definition) is 3. The first-order valence-electron chi connectivity index (χ1n) is 7.20. The van der Waals surface area contributed by atoms with Gasteiger partial charge in [-0.2, -0.15) is 5.10 Å². The summed E-state index contributed by atoms with van der Waals surface area (Å²) in [6.07, 6.45) is 3.42. The highest BCUT2D eigenvalue weighted by atomic mass is 79.9. The van der Waals surface area contributed by atoms with Crippen molar-refractivity contribution in [2.45, 2.75) is 53.1 Å². The molecule has 0 saturated heterocycles. The van der Waals surface area contributed by atoms with Gasteiger partial charge < -0.3 is 10.1 Å². The molecule has 5 heteroatoms. The van der Waals surface area contributed by atoms with Crippen LogP contribution in [0.3, 0.4) is 0 Å². The zero-order valence-electron chi connectivity index (χ0n) is 12.3. The second-order valence-corrected chi connectivity index (χ2v) is 5.45. The fourth-order valence-corrected chi connectivity index (χ4v) is 2.32. The lowest BCUT2D eigenvalue weighted by Gasteiger charge is -2.08. The van der Waals surface area contributed by atoms with Gasteiger partial charge in [0.15, 0.2) is 0 Å². The lowest BCUT2D eigenvalue weighted by atomic mass is 10.3. The Balaban J connectivity index is 2.19. The van der Waals surface area contributed by atoms with Gasteiger partial charge in [-0.25, -0.2) is 0 Å². The van der Waals surface area contributed by atoms with E-state index in [2.05, 4.69) is 40.2 Å². The van der Waals surface area contributed by atoms with Crippen molar-refractivity contribution in [3.63, 3.8) is 0 Å². The maximum absolute atomic E-state index is 5.53. The Morgan fingerprint density at radius 1 is 1.26 bits per heavy atom. The number of nitrogens with zero attached hydrogens (tertiary/aromatic N) is 2. The molecule has 0 amide bonds. The molecule has 0 aliphatic heterocycles. The van der Waals surface area contributed by atoms with Gasteiger partial charge in [-0.05, 0) is 49.2 Å². The van der Waals surface area contributed by atoms with Crippen LogP contribution in [0.15, 0.2) is 4.47 Å². The summed E-state index contributed by atoms with van der Waals surface area (Å²) >= 11 is 3.61. The fourth-order valence-electron chi connectivity index (χ4n) is 1.89. The van der Waals surface area contributed by atoms with Crippen molar-refractivity contribution in [3.05, 3.63) is 15.9 Å². The van der Waals surface area contributed by atoms with E-state index in [4.69, 9.17) is 4.74 Å². The van der Waals surface area contributed by atoms with Crippen LogP contribution in [0, 0.1) is 6.92 Å². The van der Waals surface area contributed by atoms with Crippen LogP contribution in [0.1, 0.15) is 44.5 Å². The predicted octanol–water partition coefficient (Wildman–Crippen LogP) is 3.27. The molecular formula is C14H26BrN3O. The molecular weight excluding hydrogens is 306 g/mol. The quantitative estimate of drug-likeness (QED) is 0.669. The van der Waals surface area contributed by atoms with E-state index in [1.165, 1.54) is 12.1 Å². The van der Waals surface area contributed by atoms with Gasteiger partial charge in [0.25, 0.3) is 0 Å². The molecule has 0 radical (unpaired) electrons. The van der Waals surface area contributed by atoms with Crippen LogP contribution >= 0.6 is 15.9 Å². The predicted molar refractivity (Wildman–Crippen MR) is 82.4 cm³/mol. The first-order chi connectivity index (χ1) is 9.20. The number of aryl methyl sites for hydroxylation is 2. The molecule has 1 N–H and O–H groups in total. The van der Waals surface area contributed by atoms with Gasteiger partial charge in [-0.15, -0.1) is 0 Å². The molecule has 1 aromatic heterocycles. The zero-order valence-corrected chi connectivity index (χ0v) is 13.9. The van der Waals surface area contributed by atoms with Crippen molar-refractivity contribution in [3.8, 4) is 0 Å². The minimum atomic E-state index is 0.847. The van der Waals surface area contributed by atoms with Crippen LogP contribution < -0.4 is 5.32 Å². The van der Waals surface area contributed by atoms with Crippen LogP contribution in [0.25, 0.3) is 0 Å². The lowest BCUT2D eigenvalue weighted by Crippen LogP contribution is -2.19. The first-order valence-corrected chi connectivity index (χ1v) is 8.00. The third kappa shape index (κ3) is 5.63. The Labute approximate surface area is 125 Å². The molecule has 0 bridgehead atoms. The Kier molecular flexibility index (Phi) is 8.34. The molecule has 0 aliphatic rings. The van der Waals surface area contributed by atoms with Crippen molar-refractivity contribution in [2.75, 3.05) is 19.8 Å².